The zero-order chi connectivity index (χ0) is 27.2. The van der Waals surface area contributed by atoms with Gasteiger partial charge in [0.15, 0.2) is 11.6 Å². The largest absolute Gasteiger partial charge is 0.482 e. The maximum atomic E-state index is 15.0. The van der Waals surface area contributed by atoms with Gasteiger partial charge in [0.2, 0.25) is 5.95 Å². The van der Waals surface area contributed by atoms with Crippen molar-refractivity contribution in [1.82, 2.24) is 14.9 Å². The molecule has 38 heavy (non-hydrogen) atoms. The number of likely N-dealkylation sites (N-methyl/N-ethyl adjacent to an activating group) is 1. The summed E-state index contributed by atoms with van der Waals surface area (Å²) >= 11 is 6.64. The number of ether oxygens (including phenoxy) is 1. The van der Waals surface area contributed by atoms with Crippen molar-refractivity contribution in [2.45, 2.75) is 39.3 Å². The number of benzene rings is 2. The summed E-state index contributed by atoms with van der Waals surface area (Å²) in [4.78, 5) is 15.0. The van der Waals surface area contributed by atoms with Crippen LogP contribution >= 0.6 is 11.6 Å². The van der Waals surface area contributed by atoms with E-state index in [9.17, 15) is 8.78 Å². The number of hydrogen-bond acceptors (Lipinski definition) is 7. The van der Waals surface area contributed by atoms with Crippen molar-refractivity contribution in [2.24, 2.45) is 0 Å². The number of hydrogen-bond donors (Lipinski definition) is 1. The summed E-state index contributed by atoms with van der Waals surface area (Å²) in [5.74, 6) is -0.194. The number of anilines is 4. The number of nitrogens with one attached hydrogen (secondary N) is 1. The first kappa shape index (κ1) is 26.4. The summed E-state index contributed by atoms with van der Waals surface area (Å²) in [6.45, 7) is 12.2. The Hall–Kier alpha value is -3.17. The molecule has 0 unspecified atom stereocenters. The molecule has 0 aliphatic carbocycles. The van der Waals surface area contributed by atoms with Gasteiger partial charge in [-0.25, -0.2) is 18.7 Å². The Balaban J connectivity index is 1.43. The molecule has 2 aromatic carbocycles. The lowest BCUT2D eigenvalue weighted by molar-refractivity contribution is 0.103. The van der Waals surface area contributed by atoms with Crippen LogP contribution in [-0.2, 0) is 0 Å². The highest BCUT2D eigenvalue weighted by molar-refractivity contribution is 6.33. The van der Waals surface area contributed by atoms with Gasteiger partial charge in [0.05, 0.1) is 29.1 Å². The molecular weight excluding hydrogens is 510 g/mol. The number of nitrogens with zero attached hydrogens (tertiary/aromatic N) is 5. The molecule has 0 spiro atoms. The Morgan fingerprint density at radius 3 is 2.45 bits per heavy atom. The number of aromatic nitrogens is 2. The second-order valence-corrected chi connectivity index (χ2v) is 11.3. The van der Waals surface area contributed by atoms with E-state index in [1.165, 1.54) is 6.07 Å². The molecule has 3 aromatic rings. The third-order valence-corrected chi connectivity index (χ3v) is 7.23. The second-order valence-electron chi connectivity index (χ2n) is 10.9. The fourth-order valence-corrected chi connectivity index (χ4v) is 5.20. The number of piperazine rings is 1. The second kappa shape index (κ2) is 10.2. The zero-order valence-electron chi connectivity index (χ0n) is 22.4. The van der Waals surface area contributed by atoms with Crippen LogP contribution in [0.3, 0.4) is 0 Å². The summed E-state index contributed by atoms with van der Waals surface area (Å²) < 4.78 is 36.1. The predicted octanol–water partition coefficient (Wildman–Crippen LogP) is 5.96. The monoisotopic (exact) mass is 542 g/mol. The van der Waals surface area contributed by atoms with E-state index < -0.39 is 11.4 Å². The van der Waals surface area contributed by atoms with Crippen LogP contribution in [0, 0.1) is 11.6 Å². The van der Waals surface area contributed by atoms with Crippen molar-refractivity contribution in [3.63, 3.8) is 0 Å². The van der Waals surface area contributed by atoms with Gasteiger partial charge < -0.3 is 24.8 Å². The molecule has 2 aliphatic heterocycles. The topological polar surface area (TPSA) is 56.8 Å². The summed E-state index contributed by atoms with van der Waals surface area (Å²) in [6.07, 6.45) is 1.10. The maximum absolute atomic E-state index is 15.0. The standard InChI is InChI=1S/C28H33ClF2N6O/c1-17(2)37-16-28(3,4)38-26-20(29)12-18(13-24(26)37)25-22(31)15-32-27(34-25)33-19-6-7-23(21(30)14-19)36-10-8-35(5)9-11-36/h6-7,12-15,17H,8-11,16H2,1-5H3,(H,32,33,34). The van der Waals surface area contributed by atoms with Gasteiger partial charge in [-0.1, -0.05) is 11.6 Å². The highest BCUT2D eigenvalue weighted by atomic mass is 35.5. The highest BCUT2D eigenvalue weighted by Gasteiger charge is 2.35. The summed E-state index contributed by atoms with van der Waals surface area (Å²) in [5.41, 5.74) is 2.00. The molecule has 0 atom stereocenters. The van der Waals surface area contributed by atoms with Crippen LogP contribution in [0.4, 0.5) is 31.8 Å². The molecule has 1 aromatic heterocycles. The van der Waals surface area contributed by atoms with Gasteiger partial charge in [0, 0.05) is 43.5 Å². The van der Waals surface area contributed by atoms with Gasteiger partial charge in [0.25, 0.3) is 0 Å². The first-order valence-electron chi connectivity index (χ1n) is 12.8. The third-order valence-electron chi connectivity index (χ3n) is 6.95. The zero-order valence-corrected chi connectivity index (χ0v) is 23.1. The number of rotatable bonds is 5. The molecule has 0 saturated carbocycles. The van der Waals surface area contributed by atoms with Gasteiger partial charge >= 0.3 is 0 Å². The first-order valence-corrected chi connectivity index (χ1v) is 13.2. The van der Waals surface area contributed by atoms with Crippen molar-refractivity contribution in [3.05, 3.63) is 53.2 Å². The molecule has 0 amide bonds. The maximum Gasteiger partial charge on any atom is 0.227 e. The average Bonchev–Trinajstić information content (AvgIpc) is 2.85. The van der Waals surface area contributed by atoms with Crippen LogP contribution in [0.5, 0.6) is 5.75 Å². The normalized spacial score (nSPS) is 17.4. The molecule has 202 valence electrons. The van der Waals surface area contributed by atoms with E-state index >= 15 is 0 Å². The van der Waals surface area contributed by atoms with Gasteiger partial charge in [0.1, 0.15) is 17.1 Å². The smallest absolute Gasteiger partial charge is 0.227 e. The minimum absolute atomic E-state index is 0.0928. The van der Waals surface area contributed by atoms with Crippen molar-refractivity contribution >= 4 is 34.6 Å². The van der Waals surface area contributed by atoms with Crippen LogP contribution in [0.25, 0.3) is 11.3 Å². The molecule has 1 saturated heterocycles. The fourth-order valence-electron chi connectivity index (χ4n) is 4.94. The SMILES string of the molecule is CC(C)N1CC(C)(C)Oc2c(Cl)cc(-c3nc(Nc4ccc(N5CCN(C)CC5)c(F)c4)ncc3F)cc21. The molecule has 0 bridgehead atoms. The molecule has 3 heterocycles. The molecule has 0 radical (unpaired) electrons. The fraction of sp³-hybridized carbons (Fsp3) is 0.429. The number of fused-ring (bicyclic) bond motifs is 1. The van der Waals surface area contributed by atoms with Crippen LogP contribution < -0.4 is 19.9 Å². The van der Waals surface area contributed by atoms with Crippen molar-refractivity contribution in [1.29, 1.82) is 0 Å². The third kappa shape index (κ3) is 5.35. The Morgan fingerprint density at radius 2 is 1.76 bits per heavy atom. The van der Waals surface area contributed by atoms with E-state index in [0.29, 0.717) is 34.3 Å². The molecule has 1 fully saturated rings. The van der Waals surface area contributed by atoms with Gasteiger partial charge in [-0.2, -0.15) is 0 Å². The molecule has 5 rings (SSSR count). The van der Waals surface area contributed by atoms with E-state index in [-0.39, 0.29) is 23.5 Å². The van der Waals surface area contributed by atoms with E-state index in [4.69, 9.17) is 16.3 Å². The summed E-state index contributed by atoms with van der Waals surface area (Å²) in [6, 6.07) is 8.61. The lowest BCUT2D eigenvalue weighted by atomic mass is 10.0. The predicted molar refractivity (Wildman–Crippen MR) is 149 cm³/mol. The van der Waals surface area contributed by atoms with Crippen molar-refractivity contribution in [2.75, 3.05) is 54.9 Å². The lowest BCUT2D eigenvalue weighted by Gasteiger charge is -2.43. The van der Waals surface area contributed by atoms with Gasteiger partial charge in [-0.05, 0) is 65.1 Å². The summed E-state index contributed by atoms with van der Waals surface area (Å²) in [7, 11) is 2.06. The van der Waals surface area contributed by atoms with E-state index in [2.05, 4.69) is 46.0 Å². The Morgan fingerprint density at radius 1 is 1.03 bits per heavy atom. The Bertz CT molecular complexity index is 1340. The first-order chi connectivity index (χ1) is 18.0. The Kier molecular flexibility index (Phi) is 7.09. The van der Waals surface area contributed by atoms with E-state index in [1.807, 2.05) is 24.8 Å². The van der Waals surface area contributed by atoms with Gasteiger partial charge in [-0.15, -0.1) is 0 Å². The van der Waals surface area contributed by atoms with Crippen molar-refractivity contribution < 1.29 is 13.5 Å². The molecule has 2 aliphatic rings. The van der Waals surface area contributed by atoms with Crippen LogP contribution in [0.2, 0.25) is 5.02 Å². The lowest BCUT2D eigenvalue weighted by Crippen LogP contribution is -2.49. The van der Waals surface area contributed by atoms with E-state index in [1.54, 1.807) is 18.2 Å². The van der Waals surface area contributed by atoms with Gasteiger partial charge in [-0.3, -0.25) is 0 Å². The van der Waals surface area contributed by atoms with E-state index in [0.717, 1.165) is 38.1 Å². The quantitative estimate of drug-likeness (QED) is 0.427. The highest BCUT2D eigenvalue weighted by Crippen LogP contribution is 2.45. The minimum Gasteiger partial charge on any atom is -0.482 e. The average molecular weight is 543 g/mol. The molecule has 7 nitrogen and oxygen atoms in total. The van der Waals surface area contributed by atoms with Crippen LogP contribution in [-0.4, -0.2) is 66.3 Å². The van der Waals surface area contributed by atoms with Crippen molar-refractivity contribution in [3.8, 4) is 17.0 Å². The number of halogens is 3. The van der Waals surface area contributed by atoms with Crippen LogP contribution in [0.1, 0.15) is 27.7 Å². The molecule has 1 N–H and O–H groups in total. The molecular formula is C28H33ClF2N6O. The summed E-state index contributed by atoms with van der Waals surface area (Å²) in [5, 5.41) is 3.39. The Labute approximate surface area is 227 Å². The minimum atomic E-state index is -0.587. The molecule has 10 heteroatoms. The van der Waals surface area contributed by atoms with Crippen LogP contribution in [0.15, 0.2) is 36.5 Å².